The monoisotopic (exact) mass is 307 g/mol. The lowest BCUT2D eigenvalue weighted by molar-refractivity contribution is -0.144. The maximum absolute atomic E-state index is 12.6. The molecule has 124 valence electrons. The summed E-state index contributed by atoms with van der Waals surface area (Å²) in [5.41, 5.74) is -0.418. The van der Waals surface area contributed by atoms with Crippen molar-refractivity contribution in [1.29, 1.82) is 0 Å². The molecule has 2 atom stereocenters. The van der Waals surface area contributed by atoms with E-state index in [-0.39, 0.29) is 23.9 Å². The minimum absolute atomic E-state index is 0.0535. The average molecular weight is 307 g/mol. The smallest absolute Gasteiger partial charge is 0.243 e. The number of hydrogen-bond acceptors (Lipinski definition) is 3. The highest BCUT2D eigenvalue weighted by atomic mass is 16.2. The zero-order valence-corrected chi connectivity index (χ0v) is 14.1. The second kappa shape index (κ2) is 5.84. The van der Waals surface area contributed by atoms with Crippen LogP contribution in [0.1, 0.15) is 52.9 Å². The van der Waals surface area contributed by atoms with Crippen molar-refractivity contribution in [3.05, 3.63) is 0 Å². The fraction of sp³-hybridized carbons (Fsp3) is 0.882. The van der Waals surface area contributed by atoms with Gasteiger partial charge in [-0.05, 0) is 32.1 Å². The van der Waals surface area contributed by atoms with Gasteiger partial charge in [-0.1, -0.05) is 20.8 Å². The Morgan fingerprint density at radius 1 is 1.05 bits per heavy atom. The first kappa shape index (κ1) is 15.8. The third kappa shape index (κ3) is 3.29. The SMILES string of the molecule is CC(C)(C)C(=O)N1CCC[C@@H]1C(=O)N[C@H]1CCN(C2CC2)C1. The van der Waals surface area contributed by atoms with E-state index in [4.69, 9.17) is 0 Å². The van der Waals surface area contributed by atoms with Crippen LogP contribution in [0.4, 0.5) is 0 Å². The molecule has 1 saturated carbocycles. The predicted octanol–water partition coefficient (Wildman–Crippen LogP) is 1.38. The van der Waals surface area contributed by atoms with Crippen molar-refractivity contribution in [3.8, 4) is 0 Å². The Morgan fingerprint density at radius 3 is 2.41 bits per heavy atom. The van der Waals surface area contributed by atoms with Crippen molar-refractivity contribution >= 4 is 11.8 Å². The number of nitrogens with zero attached hydrogens (tertiary/aromatic N) is 2. The molecule has 2 heterocycles. The van der Waals surface area contributed by atoms with Crippen molar-refractivity contribution in [3.63, 3.8) is 0 Å². The van der Waals surface area contributed by atoms with Crippen LogP contribution in [0.2, 0.25) is 0 Å². The van der Waals surface area contributed by atoms with Gasteiger partial charge in [0.2, 0.25) is 11.8 Å². The lowest BCUT2D eigenvalue weighted by Gasteiger charge is -2.30. The summed E-state index contributed by atoms with van der Waals surface area (Å²) in [4.78, 5) is 29.4. The average Bonchev–Trinajstić information content (AvgIpc) is 3.00. The van der Waals surface area contributed by atoms with Crippen molar-refractivity contribution < 1.29 is 9.59 Å². The van der Waals surface area contributed by atoms with E-state index < -0.39 is 5.41 Å². The van der Waals surface area contributed by atoms with Gasteiger partial charge in [0.05, 0.1) is 0 Å². The maximum atomic E-state index is 12.6. The first-order valence-corrected chi connectivity index (χ1v) is 8.72. The maximum Gasteiger partial charge on any atom is 0.243 e. The molecule has 2 aliphatic heterocycles. The lowest BCUT2D eigenvalue weighted by Crippen LogP contribution is -2.51. The molecule has 3 aliphatic rings. The van der Waals surface area contributed by atoms with Crippen LogP contribution in [0, 0.1) is 5.41 Å². The number of amides is 2. The summed E-state index contributed by atoms with van der Waals surface area (Å²) in [6, 6.07) is 0.773. The molecular formula is C17H29N3O2. The largest absolute Gasteiger partial charge is 0.350 e. The van der Waals surface area contributed by atoms with E-state index in [1.807, 2.05) is 20.8 Å². The van der Waals surface area contributed by atoms with E-state index in [0.717, 1.165) is 38.4 Å². The van der Waals surface area contributed by atoms with Crippen molar-refractivity contribution in [2.45, 2.75) is 71.0 Å². The van der Waals surface area contributed by atoms with Gasteiger partial charge in [-0.15, -0.1) is 0 Å². The van der Waals surface area contributed by atoms with Crippen molar-refractivity contribution in [1.82, 2.24) is 15.1 Å². The number of carbonyl (C=O) groups is 2. The van der Waals surface area contributed by atoms with Gasteiger partial charge in [0.15, 0.2) is 0 Å². The number of rotatable bonds is 3. The summed E-state index contributed by atoms with van der Waals surface area (Å²) in [5, 5.41) is 3.20. The van der Waals surface area contributed by atoms with Gasteiger partial charge in [-0.2, -0.15) is 0 Å². The van der Waals surface area contributed by atoms with Gasteiger partial charge in [0.25, 0.3) is 0 Å². The Morgan fingerprint density at radius 2 is 1.77 bits per heavy atom. The van der Waals surface area contributed by atoms with Gasteiger partial charge >= 0.3 is 0 Å². The summed E-state index contributed by atoms with van der Waals surface area (Å²) in [6.07, 6.45) is 5.40. The van der Waals surface area contributed by atoms with E-state index >= 15 is 0 Å². The van der Waals surface area contributed by atoms with Crippen LogP contribution >= 0.6 is 0 Å². The van der Waals surface area contributed by atoms with Crippen LogP contribution in [-0.4, -0.2) is 59.4 Å². The van der Waals surface area contributed by atoms with Crippen molar-refractivity contribution in [2.24, 2.45) is 5.41 Å². The first-order chi connectivity index (χ1) is 10.4. The summed E-state index contributed by atoms with van der Waals surface area (Å²) in [6.45, 7) is 8.57. The highest BCUT2D eigenvalue weighted by Gasteiger charge is 2.40. The molecule has 0 radical (unpaired) electrons. The highest BCUT2D eigenvalue weighted by Crippen LogP contribution is 2.30. The van der Waals surface area contributed by atoms with Crippen molar-refractivity contribution in [2.75, 3.05) is 19.6 Å². The minimum atomic E-state index is -0.418. The fourth-order valence-electron chi connectivity index (χ4n) is 3.69. The number of carbonyl (C=O) groups excluding carboxylic acids is 2. The molecule has 22 heavy (non-hydrogen) atoms. The van der Waals surface area contributed by atoms with Gasteiger partial charge in [0, 0.05) is 37.1 Å². The Balaban J connectivity index is 1.56. The van der Waals surface area contributed by atoms with E-state index in [1.165, 1.54) is 12.8 Å². The molecule has 0 unspecified atom stereocenters. The van der Waals surface area contributed by atoms with Gasteiger partial charge < -0.3 is 10.2 Å². The van der Waals surface area contributed by atoms with E-state index in [0.29, 0.717) is 6.54 Å². The molecule has 0 aromatic heterocycles. The molecule has 0 aromatic carbocycles. The van der Waals surface area contributed by atoms with Crippen LogP contribution in [-0.2, 0) is 9.59 Å². The second-order valence-electron chi connectivity index (χ2n) is 8.13. The van der Waals surface area contributed by atoms with Gasteiger partial charge in [-0.3, -0.25) is 14.5 Å². The number of hydrogen-bond donors (Lipinski definition) is 1. The standard InChI is InChI=1S/C17H29N3O2/c1-17(2,3)16(22)20-9-4-5-14(20)15(21)18-12-8-10-19(11-12)13-6-7-13/h12-14H,4-11H2,1-3H3,(H,18,21)/t12-,14+/m0/s1. The molecule has 0 spiro atoms. The fourth-order valence-corrected chi connectivity index (χ4v) is 3.69. The van der Waals surface area contributed by atoms with Gasteiger partial charge in [0.1, 0.15) is 6.04 Å². The third-order valence-electron chi connectivity index (χ3n) is 5.09. The normalized spacial score (nSPS) is 29.9. The van der Waals surface area contributed by atoms with Crippen LogP contribution < -0.4 is 5.32 Å². The molecule has 5 heteroatoms. The van der Waals surface area contributed by atoms with Crippen LogP contribution in [0.15, 0.2) is 0 Å². The first-order valence-electron chi connectivity index (χ1n) is 8.72. The molecule has 3 fully saturated rings. The molecule has 0 bridgehead atoms. The Labute approximate surface area is 133 Å². The summed E-state index contributed by atoms with van der Waals surface area (Å²) in [5.74, 6) is 0.147. The number of nitrogens with one attached hydrogen (secondary N) is 1. The van der Waals surface area contributed by atoms with Crippen LogP contribution in [0.3, 0.4) is 0 Å². The topological polar surface area (TPSA) is 52.7 Å². The zero-order valence-electron chi connectivity index (χ0n) is 14.1. The van der Waals surface area contributed by atoms with E-state index in [9.17, 15) is 9.59 Å². The molecule has 0 aromatic rings. The molecule has 2 saturated heterocycles. The molecule has 1 aliphatic carbocycles. The highest BCUT2D eigenvalue weighted by molar-refractivity contribution is 5.90. The predicted molar refractivity (Wildman–Crippen MR) is 85.3 cm³/mol. The zero-order chi connectivity index (χ0) is 15.9. The second-order valence-corrected chi connectivity index (χ2v) is 8.13. The lowest BCUT2D eigenvalue weighted by atomic mass is 9.94. The summed E-state index contributed by atoms with van der Waals surface area (Å²) in [7, 11) is 0. The Kier molecular flexibility index (Phi) is 4.19. The quantitative estimate of drug-likeness (QED) is 0.857. The summed E-state index contributed by atoms with van der Waals surface area (Å²) < 4.78 is 0. The molecule has 5 nitrogen and oxygen atoms in total. The molecule has 3 rings (SSSR count). The third-order valence-corrected chi connectivity index (χ3v) is 5.09. The van der Waals surface area contributed by atoms with Crippen LogP contribution in [0.25, 0.3) is 0 Å². The molecule has 1 N–H and O–H groups in total. The van der Waals surface area contributed by atoms with Crippen LogP contribution in [0.5, 0.6) is 0 Å². The Hall–Kier alpha value is -1.10. The van der Waals surface area contributed by atoms with E-state index in [1.54, 1.807) is 4.90 Å². The Bertz CT molecular complexity index is 453. The molecular weight excluding hydrogens is 278 g/mol. The molecule has 2 amide bonds. The van der Waals surface area contributed by atoms with Gasteiger partial charge in [-0.25, -0.2) is 0 Å². The van der Waals surface area contributed by atoms with E-state index in [2.05, 4.69) is 10.2 Å². The minimum Gasteiger partial charge on any atom is -0.350 e. The number of likely N-dealkylation sites (tertiary alicyclic amines) is 2. The summed E-state index contributed by atoms with van der Waals surface area (Å²) >= 11 is 0.